The third-order valence-corrected chi connectivity index (χ3v) is 4.46. The Bertz CT molecular complexity index is 762. The first-order chi connectivity index (χ1) is 12.1. The number of rotatable bonds is 6. The van der Waals surface area contributed by atoms with Gasteiger partial charge in [-0.2, -0.15) is 0 Å². The molecule has 130 valence electrons. The van der Waals surface area contributed by atoms with E-state index in [0.29, 0.717) is 25.1 Å². The molecule has 1 fully saturated rings. The van der Waals surface area contributed by atoms with Crippen molar-refractivity contribution in [2.45, 2.75) is 12.8 Å². The minimum atomic E-state index is -0.155. The van der Waals surface area contributed by atoms with Gasteiger partial charge in [-0.05, 0) is 48.9 Å². The molecule has 1 aliphatic rings. The molecule has 2 aromatic rings. The van der Waals surface area contributed by atoms with E-state index in [2.05, 4.69) is 21.2 Å². The highest BCUT2D eigenvalue weighted by Gasteiger charge is 2.21. The molecular weight excluding hydrogens is 384 g/mol. The van der Waals surface area contributed by atoms with Crippen LogP contribution in [0.15, 0.2) is 53.0 Å². The van der Waals surface area contributed by atoms with Crippen molar-refractivity contribution in [2.75, 3.05) is 24.6 Å². The topological polar surface area (TPSA) is 58.6 Å². The Hall–Kier alpha value is -2.34. The highest BCUT2D eigenvalue weighted by Crippen LogP contribution is 2.21. The van der Waals surface area contributed by atoms with Gasteiger partial charge in [0.15, 0.2) is 0 Å². The second-order valence-corrected chi connectivity index (χ2v) is 6.67. The van der Waals surface area contributed by atoms with Crippen molar-refractivity contribution in [3.63, 3.8) is 0 Å². The molecule has 0 unspecified atom stereocenters. The van der Waals surface area contributed by atoms with E-state index in [1.54, 1.807) is 17.0 Å². The number of anilines is 1. The van der Waals surface area contributed by atoms with Crippen LogP contribution in [0, 0.1) is 0 Å². The van der Waals surface area contributed by atoms with Crippen molar-refractivity contribution in [1.29, 1.82) is 0 Å². The Balaban J connectivity index is 1.47. The summed E-state index contributed by atoms with van der Waals surface area (Å²) in [6, 6.07) is 14.7. The standard InChI is InChI=1S/C19H19BrN2O3/c20-15-3-1-4-17(13-15)25-12-10-21-19(24)14-6-8-16(9-7-14)22-11-2-5-18(22)23/h1,3-4,6-9,13H,2,5,10-12H2,(H,21,24). The van der Waals surface area contributed by atoms with E-state index in [9.17, 15) is 9.59 Å². The second kappa shape index (κ2) is 8.16. The zero-order valence-electron chi connectivity index (χ0n) is 13.7. The van der Waals surface area contributed by atoms with E-state index < -0.39 is 0 Å². The van der Waals surface area contributed by atoms with Gasteiger partial charge in [-0.3, -0.25) is 9.59 Å². The summed E-state index contributed by atoms with van der Waals surface area (Å²) in [5, 5.41) is 2.83. The Kier molecular flexibility index (Phi) is 5.71. The number of nitrogens with zero attached hydrogens (tertiary/aromatic N) is 1. The SMILES string of the molecule is O=C(NCCOc1cccc(Br)c1)c1ccc(N2CCCC2=O)cc1. The summed E-state index contributed by atoms with van der Waals surface area (Å²) >= 11 is 3.38. The Labute approximate surface area is 155 Å². The average Bonchev–Trinajstić information content (AvgIpc) is 3.05. The summed E-state index contributed by atoms with van der Waals surface area (Å²) in [4.78, 5) is 25.6. The van der Waals surface area contributed by atoms with Crippen LogP contribution in [0.1, 0.15) is 23.2 Å². The second-order valence-electron chi connectivity index (χ2n) is 5.76. The highest BCUT2D eigenvalue weighted by molar-refractivity contribution is 9.10. The lowest BCUT2D eigenvalue weighted by Gasteiger charge is -2.15. The summed E-state index contributed by atoms with van der Waals surface area (Å²) in [5.41, 5.74) is 1.41. The molecular formula is C19H19BrN2O3. The van der Waals surface area contributed by atoms with Gasteiger partial charge >= 0.3 is 0 Å². The fourth-order valence-electron chi connectivity index (χ4n) is 2.71. The number of nitrogens with one attached hydrogen (secondary N) is 1. The Morgan fingerprint density at radius 3 is 2.68 bits per heavy atom. The van der Waals surface area contributed by atoms with E-state index in [0.717, 1.165) is 28.9 Å². The maximum absolute atomic E-state index is 12.2. The summed E-state index contributed by atoms with van der Waals surface area (Å²) in [6.45, 7) is 1.55. The van der Waals surface area contributed by atoms with E-state index >= 15 is 0 Å². The lowest BCUT2D eigenvalue weighted by molar-refractivity contribution is -0.117. The summed E-state index contributed by atoms with van der Waals surface area (Å²) in [7, 11) is 0. The highest BCUT2D eigenvalue weighted by atomic mass is 79.9. The van der Waals surface area contributed by atoms with Crippen LogP contribution in [0.4, 0.5) is 5.69 Å². The van der Waals surface area contributed by atoms with Crippen LogP contribution in [0.5, 0.6) is 5.75 Å². The average molecular weight is 403 g/mol. The van der Waals surface area contributed by atoms with Crippen LogP contribution in [-0.2, 0) is 4.79 Å². The smallest absolute Gasteiger partial charge is 0.251 e. The number of carbonyl (C=O) groups excluding carboxylic acids is 2. The van der Waals surface area contributed by atoms with Gasteiger partial charge in [0.05, 0.1) is 6.54 Å². The van der Waals surface area contributed by atoms with E-state index in [-0.39, 0.29) is 11.8 Å². The van der Waals surface area contributed by atoms with Gasteiger partial charge in [0, 0.05) is 28.7 Å². The molecule has 1 heterocycles. The van der Waals surface area contributed by atoms with Gasteiger partial charge in [0.25, 0.3) is 5.91 Å². The molecule has 0 aromatic heterocycles. The predicted octanol–water partition coefficient (Wildman–Crippen LogP) is 3.38. The van der Waals surface area contributed by atoms with Gasteiger partial charge in [-0.1, -0.05) is 22.0 Å². The van der Waals surface area contributed by atoms with Crippen LogP contribution >= 0.6 is 15.9 Å². The monoisotopic (exact) mass is 402 g/mol. The molecule has 25 heavy (non-hydrogen) atoms. The molecule has 0 radical (unpaired) electrons. The van der Waals surface area contributed by atoms with Crippen LogP contribution < -0.4 is 15.0 Å². The molecule has 0 bridgehead atoms. The number of halogens is 1. The summed E-state index contributed by atoms with van der Waals surface area (Å²) in [5.74, 6) is 0.738. The molecule has 2 amide bonds. The molecule has 3 rings (SSSR count). The third kappa shape index (κ3) is 4.60. The lowest BCUT2D eigenvalue weighted by atomic mass is 10.2. The van der Waals surface area contributed by atoms with Crippen molar-refractivity contribution in [3.05, 3.63) is 58.6 Å². The Morgan fingerprint density at radius 1 is 1.20 bits per heavy atom. The zero-order valence-corrected chi connectivity index (χ0v) is 15.3. The van der Waals surface area contributed by atoms with Crippen molar-refractivity contribution in [2.24, 2.45) is 0 Å². The van der Waals surface area contributed by atoms with E-state index in [1.807, 2.05) is 36.4 Å². The van der Waals surface area contributed by atoms with E-state index in [1.165, 1.54) is 0 Å². The van der Waals surface area contributed by atoms with E-state index in [4.69, 9.17) is 4.74 Å². The van der Waals surface area contributed by atoms with Gasteiger partial charge in [0.1, 0.15) is 12.4 Å². The van der Waals surface area contributed by atoms with Gasteiger partial charge in [0.2, 0.25) is 5.91 Å². The van der Waals surface area contributed by atoms with Crippen molar-refractivity contribution < 1.29 is 14.3 Å². The molecule has 0 aliphatic carbocycles. The fourth-order valence-corrected chi connectivity index (χ4v) is 3.08. The zero-order chi connectivity index (χ0) is 17.6. The molecule has 6 heteroatoms. The minimum absolute atomic E-state index is 0.141. The van der Waals surface area contributed by atoms with Gasteiger partial charge in [-0.15, -0.1) is 0 Å². The first-order valence-corrected chi connectivity index (χ1v) is 9.00. The first-order valence-electron chi connectivity index (χ1n) is 8.20. The number of hydrogen-bond acceptors (Lipinski definition) is 3. The van der Waals surface area contributed by atoms with Crippen molar-refractivity contribution in [1.82, 2.24) is 5.32 Å². The number of carbonyl (C=O) groups is 2. The number of benzene rings is 2. The van der Waals surface area contributed by atoms with Crippen LogP contribution in [-0.4, -0.2) is 31.5 Å². The molecule has 2 aromatic carbocycles. The number of hydrogen-bond donors (Lipinski definition) is 1. The van der Waals surface area contributed by atoms with Crippen molar-refractivity contribution in [3.8, 4) is 5.75 Å². The lowest BCUT2D eigenvalue weighted by Crippen LogP contribution is -2.28. The molecule has 5 nitrogen and oxygen atoms in total. The third-order valence-electron chi connectivity index (χ3n) is 3.97. The normalized spacial score (nSPS) is 13.8. The Morgan fingerprint density at radius 2 is 2.00 bits per heavy atom. The van der Waals surface area contributed by atoms with Crippen molar-refractivity contribution >= 4 is 33.4 Å². The maximum Gasteiger partial charge on any atom is 0.251 e. The largest absolute Gasteiger partial charge is 0.492 e. The number of amides is 2. The summed E-state index contributed by atoms with van der Waals surface area (Å²) in [6.07, 6.45) is 1.49. The summed E-state index contributed by atoms with van der Waals surface area (Å²) < 4.78 is 6.53. The first kappa shape index (κ1) is 17.5. The van der Waals surface area contributed by atoms with Crippen LogP contribution in [0.2, 0.25) is 0 Å². The molecule has 0 saturated carbocycles. The quantitative estimate of drug-likeness (QED) is 0.753. The predicted molar refractivity (Wildman–Crippen MR) is 100.0 cm³/mol. The fraction of sp³-hybridized carbons (Fsp3) is 0.263. The van der Waals surface area contributed by atoms with Crippen LogP contribution in [0.25, 0.3) is 0 Å². The molecule has 1 N–H and O–H groups in total. The maximum atomic E-state index is 12.2. The molecule has 1 aliphatic heterocycles. The molecule has 0 spiro atoms. The van der Waals surface area contributed by atoms with Crippen LogP contribution in [0.3, 0.4) is 0 Å². The van der Waals surface area contributed by atoms with Gasteiger partial charge < -0.3 is 15.0 Å². The minimum Gasteiger partial charge on any atom is -0.492 e. The number of ether oxygens (including phenoxy) is 1. The molecule has 0 atom stereocenters. The van der Waals surface area contributed by atoms with Gasteiger partial charge in [-0.25, -0.2) is 0 Å². The molecule has 1 saturated heterocycles.